The molecule has 1 saturated carbocycles. The number of amides is 2. The van der Waals surface area contributed by atoms with Gasteiger partial charge < -0.3 is 16.0 Å². The van der Waals surface area contributed by atoms with E-state index in [0.29, 0.717) is 6.07 Å². The summed E-state index contributed by atoms with van der Waals surface area (Å²) < 4.78 is 93.0. The Hall–Kier alpha value is -2.37. The first-order chi connectivity index (χ1) is 15.4. The highest BCUT2D eigenvalue weighted by Gasteiger charge is 2.45. The normalized spacial score (nSPS) is 24.8. The summed E-state index contributed by atoms with van der Waals surface area (Å²) in [6.07, 6.45) is -5.33. The van der Waals surface area contributed by atoms with E-state index in [0.717, 1.165) is 24.2 Å². The summed E-state index contributed by atoms with van der Waals surface area (Å²) >= 11 is 0. The van der Waals surface area contributed by atoms with Crippen molar-refractivity contribution in [2.45, 2.75) is 56.5 Å². The molecule has 0 spiro atoms. The topological polar surface area (TPSA) is 75.4 Å². The lowest BCUT2D eigenvalue weighted by molar-refractivity contribution is -0.152. The van der Waals surface area contributed by atoms with Gasteiger partial charge in [0.15, 0.2) is 17.8 Å². The molecule has 0 aromatic heterocycles. The third-order valence-electron chi connectivity index (χ3n) is 6.36. The van der Waals surface area contributed by atoms with Crippen molar-refractivity contribution in [2.75, 3.05) is 13.1 Å². The van der Waals surface area contributed by atoms with Crippen LogP contribution in [-0.2, 0) is 16.0 Å². The van der Waals surface area contributed by atoms with Crippen LogP contribution in [0.15, 0.2) is 12.1 Å². The number of nitrogens with two attached hydrogens (primary N) is 1. The Morgan fingerprint density at radius 2 is 1.73 bits per heavy atom. The molecule has 5 unspecified atom stereocenters. The van der Waals surface area contributed by atoms with E-state index in [1.807, 2.05) is 0 Å². The van der Waals surface area contributed by atoms with E-state index in [-0.39, 0.29) is 30.9 Å². The lowest BCUT2D eigenvalue weighted by atomic mass is 9.83. The number of carbonyl (C=O) groups is 2. The van der Waals surface area contributed by atoms with Gasteiger partial charge in [-0.3, -0.25) is 9.59 Å². The summed E-state index contributed by atoms with van der Waals surface area (Å²) in [6.45, 7) is -1.60. The molecule has 1 heterocycles. The van der Waals surface area contributed by atoms with Crippen molar-refractivity contribution in [3.8, 4) is 0 Å². The Labute approximate surface area is 185 Å². The van der Waals surface area contributed by atoms with E-state index < -0.39 is 72.2 Å². The standard InChI is InChI=1S/C21H24F7N3O2/c22-13-7-15(24)14(23)4-12(13)5-16(29)18(25)20(33)31-8-11-3-1-2-10(11)6-17(31)19(32)30-9-21(26,27)28/h4,7,10-11,16-18H,1-3,5-6,8-9,29H2,(H,30,32). The van der Waals surface area contributed by atoms with Gasteiger partial charge in [-0.15, -0.1) is 0 Å². The molecule has 3 N–H and O–H groups in total. The maximum Gasteiger partial charge on any atom is 0.405 e. The predicted molar refractivity (Wildman–Crippen MR) is 103 cm³/mol. The van der Waals surface area contributed by atoms with E-state index in [1.165, 1.54) is 0 Å². The molecule has 1 saturated heterocycles. The van der Waals surface area contributed by atoms with E-state index in [1.54, 1.807) is 5.32 Å². The molecule has 1 aliphatic heterocycles. The summed E-state index contributed by atoms with van der Waals surface area (Å²) in [4.78, 5) is 26.2. The van der Waals surface area contributed by atoms with Crippen LogP contribution in [0.25, 0.3) is 0 Å². The number of halogens is 7. The van der Waals surface area contributed by atoms with E-state index in [2.05, 4.69) is 0 Å². The molecule has 3 rings (SSSR count). The van der Waals surface area contributed by atoms with Crippen LogP contribution in [-0.4, -0.2) is 54.2 Å². The summed E-state index contributed by atoms with van der Waals surface area (Å²) in [5.74, 6) is -6.22. The molecule has 5 nitrogen and oxygen atoms in total. The zero-order valence-corrected chi connectivity index (χ0v) is 17.5. The summed E-state index contributed by atoms with van der Waals surface area (Å²) in [7, 11) is 0. The van der Waals surface area contributed by atoms with Gasteiger partial charge in [0, 0.05) is 18.7 Å². The fraction of sp³-hybridized carbons (Fsp3) is 0.619. The predicted octanol–water partition coefficient (Wildman–Crippen LogP) is 3.01. The second-order valence-electron chi connectivity index (χ2n) is 8.65. The first-order valence-corrected chi connectivity index (χ1v) is 10.6. The van der Waals surface area contributed by atoms with Crippen molar-refractivity contribution in [3.05, 3.63) is 35.1 Å². The maximum absolute atomic E-state index is 15.0. The molecular formula is C21H24F7N3O2. The number of benzene rings is 1. The van der Waals surface area contributed by atoms with Crippen LogP contribution in [0.4, 0.5) is 30.7 Å². The molecule has 12 heteroatoms. The quantitative estimate of drug-likeness (QED) is 0.483. The Morgan fingerprint density at radius 3 is 2.39 bits per heavy atom. The third-order valence-corrected chi connectivity index (χ3v) is 6.36. The van der Waals surface area contributed by atoms with Gasteiger partial charge in [-0.05, 0) is 42.7 Å². The van der Waals surface area contributed by atoms with Gasteiger partial charge in [0.25, 0.3) is 5.91 Å². The number of rotatable bonds is 6. The largest absolute Gasteiger partial charge is 0.405 e. The number of hydrogen-bond donors (Lipinski definition) is 2. The van der Waals surface area contributed by atoms with Crippen molar-refractivity contribution in [2.24, 2.45) is 17.6 Å². The minimum atomic E-state index is -4.66. The van der Waals surface area contributed by atoms with Crippen LogP contribution in [0.2, 0.25) is 0 Å². The molecule has 1 aliphatic carbocycles. The van der Waals surface area contributed by atoms with Gasteiger partial charge >= 0.3 is 6.18 Å². The van der Waals surface area contributed by atoms with Crippen LogP contribution < -0.4 is 11.1 Å². The fourth-order valence-electron chi connectivity index (χ4n) is 4.67. The van der Waals surface area contributed by atoms with Crippen LogP contribution in [0.3, 0.4) is 0 Å². The SMILES string of the molecule is NC(Cc1cc(F)c(F)cc1F)C(F)C(=O)N1CC2CCCC2CC1C(=O)NCC(F)(F)F. The average molecular weight is 483 g/mol. The number of nitrogens with zero attached hydrogens (tertiary/aromatic N) is 1. The molecular weight excluding hydrogens is 459 g/mol. The smallest absolute Gasteiger partial charge is 0.345 e. The van der Waals surface area contributed by atoms with Crippen LogP contribution in [0.1, 0.15) is 31.2 Å². The van der Waals surface area contributed by atoms with Crippen molar-refractivity contribution in [1.29, 1.82) is 0 Å². The molecule has 2 fully saturated rings. The highest BCUT2D eigenvalue weighted by Crippen LogP contribution is 2.40. The van der Waals surface area contributed by atoms with Gasteiger partial charge in [-0.25, -0.2) is 17.6 Å². The third kappa shape index (κ3) is 5.96. The first kappa shape index (κ1) is 25.3. The van der Waals surface area contributed by atoms with Crippen molar-refractivity contribution in [1.82, 2.24) is 10.2 Å². The maximum atomic E-state index is 15.0. The molecule has 1 aromatic rings. The van der Waals surface area contributed by atoms with Gasteiger partial charge in [0.2, 0.25) is 5.91 Å². The lowest BCUT2D eigenvalue weighted by Gasteiger charge is -2.42. The lowest BCUT2D eigenvalue weighted by Crippen LogP contribution is -2.59. The molecule has 0 bridgehead atoms. The fourth-order valence-corrected chi connectivity index (χ4v) is 4.67. The number of likely N-dealkylation sites (tertiary alicyclic amines) is 1. The van der Waals surface area contributed by atoms with Gasteiger partial charge in [0.1, 0.15) is 18.4 Å². The summed E-state index contributed by atoms with van der Waals surface area (Å²) in [6, 6.07) is -2.17. The summed E-state index contributed by atoms with van der Waals surface area (Å²) in [5, 5.41) is 1.75. The van der Waals surface area contributed by atoms with Crippen LogP contribution in [0, 0.1) is 29.3 Å². The van der Waals surface area contributed by atoms with Crippen LogP contribution in [0.5, 0.6) is 0 Å². The van der Waals surface area contributed by atoms with Crippen molar-refractivity contribution >= 4 is 11.8 Å². The highest BCUT2D eigenvalue weighted by atomic mass is 19.4. The molecule has 5 atom stereocenters. The molecule has 0 radical (unpaired) electrons. The Balaban J connectivity index is 1.74. The molecule has 2 aliphatic rings. The number of piperidine rings is 1. The Morgan fingerprint density at radius 1 is 1.09 bits per heavy atom. The Kier molecular flexibility index (Phi) is 7.55. The number of fused-ring (bicyclic) bond motifs is 1. The van der Waals surface area contributed by atoms with E-state index >= 15 is 4.39 Å². The monoisotopic (exact) mass is 483 g/mol. The van der Waals surface area contributed by atoms with Crippen molar-refractivity contribution < 1.29 is 40.3 Å². The molecule has 184 valence electrons. The number of hydrogen-bond acceptors (Lipinski definition) is 3. The van der Waals surface area contributed by atoms with E-state index in [9.17, 15) is 35.9 Å². The molecule has 2 amide bonds. The number of carbonyl (C=O) groups excluding carboxylic acids is 2. The first-order valence-electron chi connectivity index (χ1n) is 10.6. The molecule has 33 heavy (non-hydrogen) atoms. The number of nitrogens with one attached hydrogen (secondary N) is 1. The zero-order valence-electron chi connectivity index (χ0n) is 17.5. The minimum Gasteiger partial charge on any atom is -0.345 e. The van der Waals surface area contributed by atoms with E-state index in [4.69, 9.17) is 5.73 Å². The summed E-state index contributed by atoms with van der Waals surface area (Å²) in [5.41, 5.74) is 5.26. The number of alkyl halides is 4. The minimum absolute atomic E-state index is 0.0136. The molecule has 1 aromatic carbocycles. The van der Waals surface area contributed by atoms with Crippen molar-refractivity contribution in [3.63, 3.8) is 0 Å². The Bertz CT molecular complexity index is 895. The second-order valence-corrected chi connectivity index (χ2v) is 8.65. The van der Waals surface area contributed by atoms with Gasteiger partial charge in [0.05, 0.1) is 0 Å². The van der Waals surface area contributed by atoms with Gasteiger partial charge in [-0.1, -0.05) is 12.8 Å². The van der Waals surface area contributed by atoms with Crippen LogP contribution >= 0.6 is 0 Å². The average Bonchev–Trinajstić information content (AvgIpc) is 3.20. The van der Waals surface area contributed by atoms with Gasteiger partial charge in [-0.2, -0.15) is 13.2 Å². The second kappa shape index (κ2) is 9.86. The highest BCUT2D eigenvalue weighted by molar-refractivity contribution is 5.90. The zero-order chi connectivity index (χ0) is 24.5.